The zero-order valence-electron chi connectivity index (χ0n) is 10.5. The maximum absolute atomic E-state index is 11.7. The summed E-state index contributed by atoms with van der Waals surface area (Å²) in [5.41, 5.74) is 6.51. The summed E-state index contributed by atoms with van der Waals surface area (Å²) in [6.45, 7) is 0.271. The van der Waals surface area contributed by atoms with E-state index in [1.165, 1.54) is 22.9 Å². The molecule has 0 aliphatic carbocycles. The van der Waals surface area contributed by atoms with Crippen molar-refractivity contribution < 1.29 is 4.79 Å². The van der Waals surface area contributed by atoms with Gasteiger partial charge in [0.15, 0.2) is 0 Å². The molecule has 7 heteroatoms. The van der Waals surface area contributed by atoms with Crippen molar-refractivity contribution in [1.82, 2.24) is 19.7 Å². The molecule has 2 aromatic heterocycles. The van der Waals surface area contributed by atoms with Gasteiger partial charge in [-0.25, -0.2) is 0 Å². The molecule has 0 aliphatic heterocycles. The molecule has 2 heterocycles. The number of anilines is 1. The fourth-order valence-electron chi connectivity index (χ4n) is 1.63. The summed E-state index contributed by atoms with van der Waals surface area (Å²) in [6.07, 6.45) is 3.24. The number of pyridine rings is 1. The second kappa shape index (κ2) is 5.38. The summed E-state index contributed by atoms with van der Waals surface area (Å²) in [5, 5.41) is 6.83. The second-order valence-electron chi connectivity index (χ2n) is 4.19. The minimum absolute atomic E-state index is 0.0588. The van der Waals surface area contributed by atoms with Gasteiger partial charge < -0.3 is 15.6 Å². The minimum atomic E-state index is -0.265. The van der Waals surface area contributed by atoms with Gasteiger partial charge in [-0.05, 0) is 12.1 Å². The van der Waals surface area contributed by atoms with Crippen LogP contribution in [0.25, 0.3) is 0 Å². The normalized spacial score (nSPS) is 10.4. The maximum atomic E-state index is 11.7. The van der Waals surface area contributed by atoms with Crippen molar-refractivity contribution in [2.45, 2.75) is 13.1 Å². The zero-order chi connectivity index (χ0) is 13.8. The second-order valence-corrected chi connectivity index (χ2v) is 4.19. The van der Waals surface area contributed by atoms with E-state index >= 15 is 0 Å². The highest BCUT2D eigenvalue weighted by Gasteiger charge is 2.05. The largest absolute Gasteiger partial charge is 0.398 e. The van der Waals surface area contributed by atoms with Crippen molar-refractivity contribution in [3.05, 3.63) is 46.6 Å². The van der Waals surface area contributed by atoms with Crippen LogP contribution in [0.5, 0.6) is 0 Å². The van der Waals surface area contributed by atoms with Crippen LogP contribution in [0.2, 0.25) is 0 Å². The minimum Gasteiger partial charge on any atom is -0.398 e. The standard InChI is InChI=1S/C12H15N5O2/c1-16-5-4-10(15-16)6-14-11(18)8-17-7-9(13)2-3-12(17)19/h2-5,7H,6,8,13H2,1H3,(H,14,18). The molecule has 2 rings (SSSR count). The number of rotatable bonds is 4. The fraction of sp³-hybridized carbons (Fsp3) is 0.250. The van der Waals surface area contributed by atoms with Gasteiger partial charge in [0.1, 0.15) is 6.54 Å². The van der Waals surface area contributed by atoms with E-state index < -0.39 is 0 Å². The maximum Gasteiger partial charge on any atom is 0.251 e. The molecule has 0 atom stereocenters. The number of carbonyl (C=O) groups excluding carboxylic acids is 1. The first kappa shape index (κ1) is 12.9. The molecule has 0 aromatic carbocycles. The van der Waals surface area contributed by atoms with E-state index in [1.807, 2.05) is 6.07 Å². The Bertz CT molecular complexity index is 644. The van der Waals surface area contributed by atoms with E-state index in [9.17, 15) is 9.59 Å². The van der Waals surface area contributed by atoms with E-state index in [-0.39, 0.29) is 18.0 Å². The predicted molar refractivity (Wildman–Crippen MR) is 70.2 cm³/mol. The molecule has 100 valence electrons. The number of hydrogen-bond acceptors (Lipinski definition) is 4. The number of nitrogen functional groups attached to an aromatic ring is 1. The van der Waals surface area contributed by atoms with Crippen molar-refractivity contribution in [2.75, 3.05) is 5.73 Å². The van der Waals surface area contributed by atoms with Crippen LogP contribution < -0.4 is 16.6 Å². The quantitative estimate of drug-likeness (QED) is 0.774. The van der Waals surface area contributed by atoms with E-state index in [1.54, 1.807) is 17.9 Å². The van der Waals surface area contributed by atoms with Gasteiger partial charge >= 0.3 is 0 Å². The van der Waals surface area contributed by atoms with E-state index in [4.69, 9.17) is 5.73 Å². The number of carbonyl (C=O) groups is 1. The van der Waals surface area contributed by atoms with Gasteiger partial charge in [0.2, 0.25) is 5.91 Å². The van der Waals surface area contributed by atoms with Crippen LogP contribution in [-0.2, 0) is 24.9 Å². The van der Waals surface area contributed by atoms with E-state index in [0.29, 0.717) is 12.2 Å². The summed E-state index contributed by atoms with van der Waals surface area (Å²) in [6, 6.07) is 4.65. The number of nitrogens with one attached hydrogen (secondary N) is 1. The number of nitrogens with two attached hydrogens (primary N) is 1. The van der Waals surface area contributed by atoms with E-state index in [0.717, 1.165) is 5.69 Å². The van der Waals surface area contributed by atoms with Gasteiger partial charge in [-0.15, -0.1) is 0 Å². The average Bonchev–Trinajstić information content (AvgIpc) is 2.77. The van der Waals surface area contributed by atoms with Crippen LogP contribution in [0.15, 0.2) is 35.4 Å². The average molecular weight is 261 g/mol. The van der Waals surface area contributed by atoms with Crippen LogP contribution in [0.1, 0.15) is 5.69 Å². The number of hydrogen-bond donors (Lipinski definition) is 2. The molecule has 0 fully saturated rings. The number of aromatic nitrogens is 3. The lowest BCUT2D eigenvalue weighted by Gasteiger charge is -2.06. The Labute approximate surface area is 109 Å². The van der Waals surface area contributed by atoms with Crippen LogP contribution in [0.4, 0.5) is 5.69 Å². The summed E-state index contributed by atoms with van der Waals surface area (Å²) >= 11 is 0. The predicted octanol–water partition coefficient (Wildman–Crippen LogP) is -0.520. The molecule has 7 nitrogen and oxygen atoms in total. The Kier molecular flexibility index (Phi) is 3.65. The number of amides is 1. The molecule has 0 unspecified atom stereocenters. The first-order valence-electron chi connectivity index (χ1n) is 5.76. The van der Waals surface area contributed by atoms with Gasteiger partial charge in [-0.3, -0.25) is 14.3 Å². The van der Waals surface area contributed by atoms with Crippen LogP contribution in [0.3, 0.4) is 0 Å². The molecule has 2 aromatic rings. The summed E-state index contributed by atoms with van der Waals surface area (Å²) in [5.74, 6) is -0.265. The molecular formula is C12H15N5O2. The Morgan fingerprint density at radius 2 is 2.21 bits per heavy atom. The first-order chi connectivity index (χ1) is 9.04. The molecule has 0 saturated carbocycles. The van der Waals surface area contributed by atoms with Gasteiger partial charge in [-0.2, -0.15) is 5.10 Å². The molecule has 0 bridgehead atoms. The molecule has 0 saturated heterocycles. The Hall–Kier alpha value is -2.57. The molecule has 0 aliphatic rings. The third-order valence-corrected chi connectivity index (χ3v) is 2.56. The topological polar surface area (TPSA) is 94.9 Å². The third kappa shape index (κ3) is 3.44. The van der Waals surface area contributed by atoms with Crippen LogP contribution >= 0.6 is 0 Å². The van der Waals surface area contributed by atoms with Crippen LogP contribution in [-0.4, -0.2) is 20.3 Å². The summed E-state index contributed by atoms with van der Waals surface area (Å²) in [7, 11) is 1.80. The van der Waals surface area contributed by atoms with Gasteiger partial charge in [0.05, 0.1) is 12.2 Å². The van der Waals surface area contributed by atoms with Crippen molar-refractivity contribution in [3.8, 4) is 0 Å². The number of aryl methyl sites for hydroxylation is 1. The van der Waals surface area contributed by atoms with Crippen molar-refractivity contribution >= 4 is 11.6 Å². The molecular weight excluding hydrogens is 246 g/mol. The highest BCUT2D eigenvalue weighted by molar-refractivity contribution is 5.75. The summed E-state index contributed by atoms with van der Waals surface area (Å²) < 4.78 is 2.92. The van der Waals surface area contributed by atoms with Gasteiger partial charge in [-0.1, -0.05) is 0 Å². The fourth-order valence-corrected chi connectivity index (χ4v) is 1.63. The highest BCUT2D eigenvalue weighted by atomic mass is 16.2. The Balaban J connectivity index is 1.94. The molecule has 0 radical (unpaired) electrons. The Morgan fingerprint density at radius 1 is 1.42 bits per heavy atom. The molecule has 3 N–H and O–H groups in total. The zero-order valence-corrected chi connectivity index (χ0v) is 10.5. The Morgan fingerprint density at radius 3 is 2.89 bits per heavy atom. The molecule has 19 heavy (non-hydrogen) atoms. The first-order valence-corrected chi connectivity index (χ1v) is 5.76. The lowest BCUT2D eigenvalue weighted by molar-refractivity contribution is -0.121. The molecule has 0 spiro atoms. The van der Waals surface area contributed by atoms with Gasteiger partial charge in [0, 0.05) is 31.2 Å². The third-order valence-electron chi connectivity index (χ3n) is 2.56. The van der Waals surface area contributed by atoms with Crippen molar-refractivity contribution in [2.24, 2.45) is 7.05 Å². The van der Waals surface area contributed by atoms with Crippen molar-refractivity contribution in [3.63, 3.8) is 0 Å². The number of nitrogens with zero attached hydrogens (tertiary/aromatic N) is 3. The van der Waals surface area contributed by atoms with Crippen LogP contribution in [0, 0.1) is 0 Å². The smallest absolute Gasteiger partial charge is 0.251 e. The monoisotopic (exact) mass is 261 g/mol. The lowest BCUT2D eigenvalue weighted by atomic mass is 10.4. The highest BCUT2D eigenvalue weighted by Crippen LogP contribution is 1.96. The van der Waals surface area contributed by atoms with E-state index in [2.05, 4.69) is 10.4 Å². The molecule has 1 amide bonds. The lowest BCUT2D eigenvalue weighted by Crippen LogP contribution is -2.31. The summed E-state index contributed by atoms with van der Waals surface area (Å²) in [4.78, 5) is 23.2. The van der Waals surface area contributed by atoms with Crippen molar-refractivity contribution in [1.29, 1.82) is 0 Å². The van der Waals surface area contributed by atoms with Gasteiger partial charge in [0.25, 0.3) is 5.56 Å². The SMILES string of the molecule is Cn1ccc(CNC(=O)Cn2cc(N)ccc2=O)n1.